The van der Waals surface area contributed by atoms with Crippen molar-refractivity contribution in [3.05, 3.63) is 58.3 Å². The Bertz CT molecular complexity index is 764. The molecule has 30 heavy (non-hydrogen) atoms. The lowest BCUT2D eigenvalue weighted by atomic mass is 9.88. The normalized spacial score (nSPS) is 27.2. The van der Waals surface area contributed by atoms with E-state index in [9.17, 15) is 0 Å². The number of methoxy groups -OCH3 is 2. The number of ether oxygens (including phenoxy) is 2. The van der Waals surface area contributed by atoms with Crippen LogP contribution in [0.2, 0.25) is 0 Å². The number of benzene rings is 1. The van der Waals surface area contributed by atoms with Crippen LogP contribution >= 0.6 is 15.9 Å². The molecule has 0 aromatic heterocycles. The number of rotatable bonds is 6. The van der Waals surface area contributed by atoms with Gasteiger partial charge in [0.1, 0.15) is 11.5 Å². The maximum Gasteiger partial charge on any atom is 0.147 e. The van der Waals surface area contributed by atoms with Crippen molar-refractivity contribution in [2.45, 2.75) is 50.3 Å². The number of nitrogens with zero attached hydrogens (tertiary/aromatic N) is 2. The molecule has 0 N–H and O–H groups in total. The summed E-state index contributed by atoms with van der Waals surface area (Å²) in [4.78, 5) is 5.26. The molecular formula is C25H35BrN2O2. The summed E-state index contributed by atoms with van der Waals surface area (Å²) < 4.78 is 12.8. The molecule has 2 heterocycles. The number of hydrogen-bond donors (Lipinski definition) is 0. The summed E-state index contributed by atoms with van der Waals surface area (Å²) in [6.07, 6.45) is 13.4. The predicted octanol–water partition coefficient (Wildman–Crippen LogP) is 5.00. The highest BCUT2D eigenvalue weighted by Crippen LogP contribution is 2.34. The van der Waals surface area contributed by atoms with E-state index < -0.39 is 0 Å². The van der Waals surface area contributed by atoms with E-state index in [0.29, 0.717) is 6.04 Å². The molecule has 0 saturated carbocycles. The van der Waals surface area contributed by atoms with Crippen molar-refractivity contribution >= 4 is 15.9 Å². The van der Waals surface area contributed by atoms with Crippen molar-refractivity contribution in [2.75, 3.05) is 40.4 Å². The minimum atomic E-state index is -0.346. The summed E-state index contributed by atoms with van der Waals surface area (Å²) in [5.74, 6) is 1.80. The Balaban J connectivity index is 1.27. The predicted molar refractivity (Wildman–Crippen MR) is 125 cm³/mol. The maximum absolute atomic E-state index is 6.01. The molecule has 1 aromatic carbocycles. The maximum atomic E-state index is 6.01. The van der Waals surface area contributed by atoms with E-state index in [4.69, 9.17) is 9.47 Å². The molecule has 4 rings (SSSR count). The first kappa shape index (κ1) is 22.1. The molecule has 1 atom stereocenters. The highest BCUT2D eigenvalue weighted by molar-refractivity contribution is 9.10. The number of hydrogen-bond acceptors (Lipinski definition) is 4. The van der Waals surface area contributed by atoms with Crippen LogP contribution in [0.3, 0.4) is 0 Å². The Kier molecular flexibility index (Phi) is 7.35. The molecule has 0 bridgehead atoms. The van der Waals surface area contributed by atoms with E-state index in [1.165, 1.54) is 55.2 Å². The lowest BCUT2D eigenvalue weighted by Crippen LogP contribution is -2.56. The van der Waals surface area contributed by atoms with Crippen molar-refractivity contribution in [3.8, 4) is 0 Å². The summed E-state index contributed by atoms with van der Waals surface area (Å²) >= 11 is 3.71. The monoisotopic (exact) mass is 474 g/mol. The van der Waals surface area contributed by atoms with Crippen molar-refractivity contribution in [3.63, 3.8) is 0 Å². The minimum absolute atomic E-state index is 0.346. The van der Waals surface area contributed by atoms with Crippen LogP contribution in [0.4, 0.5) is 0 Å². The number of halogens is 1. The van der Waals surface area contributed by atoms with Crippen molar-refractivity contribution < 1.29 is 9.47 Å². The lowest BCUT2D eigenvalue weighted by Gasteiger charge is -2.48. The summed E-state index contributed by atoms with van der Waals surface area (Å²) in [6.45, 7) is 4.64. The third-order valence-corrected chi connectivity index (χ3v) is 8.09. The largest absolute Gasteiger partial charge is 0.501 e. The van der Waals surface area contributed by atoms with Gasteiger partial charge in [-0.2, -0.15) is 0 Å². The van der Waals surface area contributed by atoms with Gasteiger partial charge in [-0.05, 0) is 74.9 Å². The SMILES string of the molecule is COC1=CC=CC(OC)(N2CCC(N3CCC(Cc4ccccc4Br)CC3)CC2)C1. The molecule has 1 aliphatic carbocycles. The van der Waals surface area contributed by atoms with E-state index in [1.54, 1.807) is 7.11 Å². The van der Waals surface area contributed by atoms with E-state index >= 15 is 0 Å². The van der Waals surface area contributed by atoms with Gasteiger partial charge in [0.05, 0.1) is 13.5 Å². The fraction of sp³-hybridized carbons (Fsp3) is 0.600. The van der Waals surface area contributed by atoms with Crippen molar-refractivity contribution in [1.29, 1.82) is 0 Å². The first-order valence-electron chi connectivity index (χ1n) is 11.3. The highest BCUT2D eigenvalue weighted by atomic mass is 79.9. The average molecular weight is 475 g/mol. The molecule has 5 heteroatoms. The van der Waals surface area contributed by atoms with E-state index in [0.717, 1.165) is 31.2 Å². The van der Waals surface area contributed by atoms with Gasteiger partial charge in [-0.3, -0.25) is 4.90 Å². The van der Waals surface area contributed by atoms with Gasteiger partial charge in [0, 0.05) is 30.7 Å². The molecule has 2 aliphatic heterocycles. The molecule has 164 valence electrons. The molecule has 1 aromatic rings. The third-order valence-electron chi connectivity index (χ3n) is 7.31. The third kappa shape index (κ3) is 4.85. The van der Waals surface area contributed by atoms with Crippen LogP contribution in [0.5, 0.6) is 0 Å². The van der Waals surface area contributed by atoms with Crippen LogP contribution in [0.15, 0.2) is 52.7 Å². The molecule has 4 nitrogen and oxygen atoms in total. The molecule has 2 saturated heterocycles. The van der Waals surface area contributed by atoms with Crippen LogP contribution in [0.1, 0.15) is 37.7 Å². The van der Waals surface area contributed by atoms with Crippen LogP contribution in [-0.2, 0) is 15.9 Å². The summed E-state index contributed by atoms with van der Waals surface area (Å²) in [6, 6.07) is 9.40. The second-order valence-electron chi connectivity index (χ2n) is 8.92. The van der Waals surface area contributed by atoms with Crippen molar-refractivity contribution in [2.24, 2.45) is 5.92 Å². The van der Waals surface area contributed by atoms with Crippen LogP contribution in [0, 0.1) is 5.92 Å². The topological polar surface area (TPSA) is 24.9 Å². The first-order valence-corrected chi connectivity index (χ1v) is 12.1. The first-order chi connectivity index (χ1) is 14.6. The van der Waals surface area contributed by atoms with Gasteiger partial charge in [0.25, 0.3) is 0 Å². The number of allylic oxidation sites excluding steroid dienone is 2. The van der Waals surface area contributed by atoms with E-state index in [-0.39, 0.29) is 5.72 Å². The zero-order valence-electron chi connectivity index (χ0n) is 18.4. The second kappa shape index (κ2) is 9.99. The molecular weight excluding hydrogens is 440 g/mol. The summed E-state index contributed by atoms with van der Waals surface area (Å²) in [5, 5.41) is 0. The van der Waals surface area contributed by atoms with Gasteiger partial charge in [-0.1, -0.05) is 40.2 Å². The fourth-order valence-electron chi connectivity index (χ4n) is 5.41. The highest BCUT2D eigenvalue weighted by Gasteiger charge is 2.40. The quantitative estimate of drug-likeness (QED) is 0.578. The standard InChI is InChI=1S/C25H35BrN2O2/c1-29-23-7-5-13-25(19-23,30-2)28-16-11-22(12-17-28)27-14-9-20(10-15-27)18-21-6-3-4-8-24(21)26/h3-8,13,20,22H,9-12,14-19H2,1-2H3. The molecule has 3 aliphatic rings. The number of likely N-dealkylation sites (tertiary alicyclic amines) is 2. The average Bonchev–Trinajstić information content (AvgIpc) is 2.81. The molecule has 1 unspecified atom stereocenters. The second-order valence-corrected chi connectivity index (χ2v) is 9.77. The summed E-state index contributed by atoms with van der Waals surface area (Å²) in [5.41, 5.74) is 1.11. The van der Waals surface area contributed by atoms with Gasteiger partial charge in [-0.25, -0.2) is 0 Å². The smallest absolute Gasteiger partial charge is 0.147 e. The Morgan fingerprint density at radius 2 is 1.77 bits per heavy atom. The van der Waals surface area contributed by atoms with Gasteiger partial charge in [-0.15, -0.1) is 0 Å². The van der Waals surface area contributed by atoms with Crippen LogP contribution in [0.25, 0.3) is 0 Å². The van der Waals surface area contributed by atoms with Gasteiger partial charge < -0.3 is 14.4 Å². The van der Waals surface area contributed by atoms with Crippen LogP contribution in [-0.4, -0.2) is 62.0 Å². The summed E-state index contributed by atoms with van der Waals surface area (Å²) in [7, 11) is 3.57. The molecule has 0 radical (unpaired) electrons. The molecule has 0 spiro atoms. The Morgan fingerprint density at radius 1 is 1.03 bits per heavy atom. The Morgan fingerprint density at radius 3 is 2.43 bits per heavy atom. The Hall–Kier alpha value is -1.14. The Labute approximate surface area is 190 Å². The van der Waals surface area contributed by atoms with Gasteiger partial charge >= 0.3 is 0 Å². The zero-order chi connectivity index (χ0) is 21.0. The van der Waals surface area contributed by atoms with Crippen LogP contribution < -0.4 is 0 Å². The lowest BCUT2D eigenvalue weighted by molar-refractivity contribution is -0.119. The van der Waals surface area contributed by atoms with Gasteiger partial charge in [0.2, 0.25) is 0 Å². The number of piperidine rings is 2. The zero-order valence-corrected chi connectivity index (χ0v) is 19.9. The molecule has 0 amide bonds. The minimum Gasteiger partial charge on any atom is -0.501 e. The van der Waals surface area contributed by atoms with E-state index in [1.807, 2.05) is 13.2 Å². The molecule has 2 fully saturated rings. The van der Waals surface area contributed by atoms with E-state index in [2.05, 4.69) is 62.1 Å². The van der Waals surface area contributed by atoms with Gasteiger partial charge in [0.15, 0.2) is 0 Å². The fourth-order valence-corrected chi connectivity index (χ4v) is 5.85. The van der Waals surface area contributed by atoms with Crippen molar-refractivity contribution in [1.82, 2.24) is 9.80 Å².